The Morgan fingerprint density at radius 2 is 1.85 bits per heavy atom. The second kappa shape index (κ2) is 8.06. The smallest absolute Gasteiger partial charge is 0.260 e. The molecule has 0 saturated heterocycles. The van der Waals surface area contributed by atoms with Gasteiger partial charge in [0.05, 0.1) is 17.3 Å². The molecule has 0 aliphatic rings. The molecule has 2 aromatic carbocycles. The zero-order valence-electron chi connectivity index (χ0n) is 16.4. The predicted molar refractivity (Wildman–Crippen MR) is 112 cm³/mol. The van der Waals surface area contributed by atoms with Gasteiger partial charge in [0.1, 0.15) is 5.75 Å². The fraction of sp³-hybridized carbons (Fsp3) is 0.333. The number of aromatic nitrogens is 1. The molecule has 5 nitrogen and oxygen atoms in total. The summed E-state index contributed by atoms with van der Waals surface area (Å²) in [5, 5.41) is 0.711. The van der Waals surface area contributed by atoms with E-state index < -0.39 is 0 Å². The first kappa shape index (κ1) is 19.3. The number of ether oxygens (including phenoxy) is 1. The maximum atomic E-state index is 13.3. The molecule has 0 N–H and O–H groups in total. The van der Waals surface area contributed by atoms with E-state index in [0.29, 0.717) is 17.2 Å². The number of aryl methyl sites for hydroxylation is 2. The lowest BCUT2D eigenvalue weighted by Gasteiger charge is -2.22. The molecular formula is C21H25N3O2S. The summed E-state index contributed by atoms with van der Waals surface area (Å²) in [7, 11) is 5.64. The lowest BCUT2D eigenvalue weighted by Crippen LogP contribution is -2.36. The van der Waals surface area contributed by atoms with Crippen molar-refractivity contribution >= 4 is 32.6 Å². The number of hydrogen-bond acceptors (Lipinski definition) is 5. The van der Waals surface area contributed by atoms with Gasteiger partial charge >= 0.3 is 0 Å². The third-order valence-corrected chi connectivity index (χ3v) is 5.64. The van der Waals surface area contributed by atoms with E-state index in [9.17, 15) is 4.79 Å². The molecule has 0 saturated carbocycles. The summed E-state index contributed by atoms with van der Waals surface area (Å²) in [6, 6.07) is 11.6. The fourth-order valence-corrected chi connectivity index (χ4v) is 3.72. The van der Waals surface area contributed by atoms with Crippen molar-refractivity contribution in [3.8, 4) is 5.75 Å². The Labute approximate surface area is 164 Å². The number of nitrogens with zero attached hydrogens (tertiary/aromatic N) is 3. The number of rotatable bonds is 6. The number of amides is 1. The van der Waals surface area contributed by atoms with Crippen LogP contribution in [0.2, 0.25) is 0 Å². The number of carbonyl (C=O) groups excluding carboxylic acids is 1. The van der Waals surface area contributed by atoms with Gasteiger partial charge in [0.15, 0.2) is 5.13 Å². The van der Waals surface area contributed by atoms with Gasteiger partial charge in [0, 0.05) is 24.7 Å². The van der Waals surface area contributed by atoms with E-state index in [2.05, 4.69) is 4.90 Å². The van der Waals surface area contributed by atoms with Gasteiger partial charge in [0.25, 0.3) is 5.91 Å². The van der Waals surface area contributed by atoms with Crippen molar-refractivity contribution in [2.75, 3.05) is 39.2 Å². The summed E-state index contributed by atoms with van der Waals surface area (Å²) in [5.41, 5.74) is 3.83. The lowest BCUT2D eigenvalue weighted by atomic mass is 10.1. The minimum atomic E-state index is -0.0222. The molecule has 0 fully saturated rings. The summed E-state index contributed by atoms with van der Waals surface area (Å²) >= 11 is 1.53. The molecule has 0 atom stereocenters. The van der Waals surface area contributed by atoms with Crippen molar-refractivity contribution in [2.45, 2.75) is 13.8 Å². The monoisotopic (exact) mass is 383 g/mol. The van der Waals surface area contributed by atoms with E-state index in [0.717, 1.165) is 28.1 Å². The van der Waals surface area contributed by atoms with E-state index in [4.69, 9.17) is 9.72 Å². The predicted octanol–water partition coefficient (Wildman–Crippen LogP) is 4.13. The van der Waals surface area contributed by atoms with Crippen LogP contribution in [0.5, 0.6) is 5.75 Å². The number of fused-ring (bicyclic) bond motifs is 1. The first-order valence-corrected chi connectivity index (χ1v) is 9.69. The molecule has 3 rings (SSSR count). The molecule has 1 aromatic heterocycles. The number of carbonyl (C=O) groups is 1. The van der Waals surface area contributed by atoms with Crippen LogP contribution in [-0.2, 0) is 0 Å². The average molecular weight is 384 g/mol. The van der Waals surface area contributed by atoms with Gasteiger partial charge in [-0.05, 0) is 63.3 Å². The molecule has 3 aromatic rings. The summed E-state index contributed by atoms with van der Waals surface area (Å²) in [4.78, 5) is 21.8. The summed E-state index contributed by atoms with van der Waals surface area (Å²) in [5.74, 6) is 0.741. The van der Waals surface area contributed by atoms with Crippen LogP contribution >= 0.6 is 11.3 Å². The summed E-state index contributed by atoms with van der Waals surface area (Å²) < 4.78 is 6.33. The third kappa shape index (κ3) is 4.28. The van der Waals surface area contributed by atoms with E-state index >= 15 is 0 Å². The van der Waals surface area contributed by atoms with E-state index in [1.165, 1.54) is 16.9 Å². The SMILES string of the molecule is COc1ccc2sc(N(CCN(C)C)C(=O)c3ccc(C)c(C)c3)nc2c1. The number of hydrogen-bond donors (Lipinski definition) is 0. The Hall–Kier alpha value is -2.44. The van der Waals surface area contributed by atoms with Gasteiger partial charge in [-0.25, -0.2) is 4.98 Å². The van der Waals surface area contributed by atoms with Gasteiger partial charge < -0.3 is 9.64 Å². The highest BCUT2D eigenvalue weighted by Crippen LogP contribution is 2.32. The molecule has 0 spiro atoms. The average Bonchev–Trinajstić information content (AvgIpc) is 3.06. The molecule has 6 heteroatoms. The van der Waals surface area contributed by atoms with Gasteiger partial charge in [-0.15, -0.1) is 0 Å². The van der Waals surface area contributed by atoms with Crippen LogP contribution in [0.3, 0.4) is 0 Å². The number of likely N-dealkylation sites (N-methyl/N-ethyl adjacent to an activating group) is 1. The van der Waals surface area contributed by atoms with Crippen LogP contribution in [0, 0.1) is 13.8 Å². The molecular weight excluding hydrogens is 358 g/mol. The summed E-state index contributed by atoms with van der Waals surface area (Å²) in [6.07, 6.45) is 0. The second-order valence-corrected chi connectivity index (χ2v) is 7.90. The van der Waals surface area contributed by atoms with Gasteiger partial charge in [0.2, 0.25) is 0 Å². The van der Waals surface area contributed by atoms with Crippen LogP contribution in [0.15, 0.2) is 36.4 Å². The largest absolute Gasteiger partial charge is 0.497 e. The van der Waals surface area contributed by atoms with E-state index in [1.807, 2.05) is 64.3 Å². The molecule has 1 heterocycles. The van der Waals surface area contributed by atoms with Crippen molar-refractivity contribution in [3.63, 3.8) is 0 Å². The standard InChI is InChI=1S/C21H25N3O2S/c1-14-6-7-16(12-15(14)2)20(25)24(11-10-23(3)4)21-22-18-13-17(26-5)8-9-19(18)27-21/h6-9,12-13H,10-11H2,1-5H3. The summed E-state index contributed by atoms with van der Waals surface area (Å²) in [6.45, 7) is 5.42. The number of thiazole rings is 1. The topological polar surface area (TPSA) is 45.7 Å². The van der Waals surface area contributed by atoms with Crippen molar-refractivity contribution in [2.24, 2.45) is 0 Å². The van der Waals surface area contributed by atoms with Crippen LogP contribution < -0.4 is 9.64 Å². The highest BCUT2D eigenvalue weighted by molar-refractivity contribution is 7.22. The van der Waals surface area contributed by atoms with E-state index in [-0.39, 0.29) is 5.91 Å². The molecule has 0 aliphatic heterocycles. The van der Waals surface area contributed by atoms with Crippen molar-refractivity contribution in [1.82, 2.24) is 9.88 Å². The maximum Gasteiger partial charge on any atom is 0.260 e. The minimum absolute atomic E-state index is 0.0222. The Balaban J connectivity index is 1.99. The van der Waals surface area contributed by atoms with Crippen molar-refractivity contribution in [3.05, 3.63) is 53.1 Å². The van der Waals surface area contributed by atoms with Crippen molar-refractivity contribution in [1.29, 1.82) is 0 Å². The minimum Gasteiger partial charge on any atom is -0.497 e. The number of anilines is 1. The molecule has 0 radical (unpaired) electrons. The second-order valence-electron chi connectivity index (χ2n) is 6.89. The van der Waals surface area contributed by atoms with Crippen LogP contribution in [0.4, 0.5) is 5.13 Å². The fourth-order valence-electron chi connectivity index (χ4n) is 2.75. The third-order valence-electron chi connectivity index (χ3n) is 4.58. The van der Waals surface area contributed by atoms with Crippen LogP contribution in [-0.4, -0.2) is 50.1 Å². The van der Waals surface area contributed by atoms with Gasteiger partial charge in [-0.1, -0.05) is 17.4 Å². The van der Waals surface area contributed by atoms with Crippen LogP contribution in [0.25, 0.3) is 10.2 Å². The Morgan fingerprint density at radius 1 is 1.07 bits per heavy atom. The first-order chi connectivity index (χ1) is 12.9. The van der Waals surface area contributed by atoms with Crippen LogP contribution in [0.1, 0.15) is 21.5 Å². The first-order valence-electron chi connectivity index (χ1n) is 8.87. The van der Waals surface area contributed by atoms with Gasteiger partial charge in [-0.3, -0.25) is 9.69 Å². The number of benzene rings is 2. The molecule has 0 unspecified atom stereocenters. The molecule has 1 amide bonds. The highest BCUT2D eigenvalue weighted by Gasteiger charge is 2.22. The van der Waals surface area contributed by atoms with E-state index in [1.54, 1.807) is 12.0 Å². The quantitative estimate of drug-likeness (QED) is 0.642. The Morgan fingerprint density at radius 3 is 2.52 bits per heavy atom. The number of methoxy groups -OCH3 is 1. The molecule has 27 heavy (non-hydrogen) atoms. The van der Waals surface area contributed by atoms with Crippen molar-refractivity contribution < 1.29 is 9.53 Å². The molecule has 0 bridgehead atoms. The Bertz CT molecular complexity index is 965. The normalized spacial score (nSPS) is 11.2. The molecule has 142 valence electrons. The zero-order valence-corrected chi connectivity index (χ0v) is 17.3. The maximum absolute atomic E-state index is 13.3. The van der Waals surface area contributed by atoms with Gasteiger partial charge in [-0.2, -0.15) is 0 Å². The lowest BCUT2D eigenvalue weighted by molar-refractivity contribution is 0.0985. The molecule has 0 aliphatic carbocycles. The highest BCUT2D eigenvalue weighted by atomic mass is 32.1. The zero-order chi connectivity index (χ0) is 19.6. The Kier molecular flexibility index (Phi) is 5.77.